The second-order valence-electron chi connectivity index (χ2n) is 7.22. The standard InChI is InChI=1S/2C7H9F3O3.2C3H8O.Zr/c2*1-2-4(7(8,9)10)5(11)3-6(12)13;2*1-3(2)4;/h2*4H,2-3H2,1H3,(H,12,13);2*3-4H,1-2H3;/p-2. The van der Waals surface area contributed by atoms with Crippen molar-refractivity contribution in [2.75, 3.05) is 0 Å². The molecule has 0 aromatic rings. The third-order valence-corrected chi connectivity index (χ3v) is 3.02. The second-order valence-corrected chi connectivity index (χ2v) is 7.22. The van der Waals surface area contributed by atoms with E-state index in [1.807, 2.05) is 0 Å². The molecule has 2 atom stereocenters. The summed E-state index contributed by atoms with van der Waals surface area (Å²) in [5, 5.41) is 35.8. The van der Waals surface area contributed by atoms with E-state index in [-0.39, 0.29) is 38.4 Å². The van der Waals surface area contributed by atoms with Crippen LogP contribution in [0.15, 0.2) is 0 Å². The van der Waals surface area contributed by atoms with Crippen LogP contribution in [-0.4, -0.2) is 58.3 Å². The van der Waals surface area contributed by atoms with Crippen LogP contribution in [0.5, 0.6) is 0 Å². The zero-order chi connectivity index (χ0) is 28.4. The number of aliphatic hydroxyl groups excluding tert-OH is 2. The molecule has 0 saturated heterocycles. The summed E-state index contributed by atoms with van der Waals surface area (Å²) >= 11 is 0. The number of ketones is 2. The fourth-order valence-electron chi connectivity index (χ4n) is 1.81. The Morgan fingerprint density at radius 2 is 0.829 bits per heavy atom. The van der Waals surface area contributed by atoms with Crippen molar-refractivity contribution in [3.63, 3.8) is 0 Å². The average molecular weight is 606 g/mol. The predicted molar refractivity (Wildman–Crippen MR) is 104 cm³/mol. The van der Waals surface area contributed by atoms with Crippen LogP contribution in [0.25, 0.3) is 0 Å². The summed E-state index contributed by atoms with van der Waals surface area (Å²) in [6.45, 7) is 9.23. The molecule has 0 radical (unpaired) electrons. The Bertz CT molecular complexity index is 550. The Hall–Kier alpha value is -1.34. The summed E-state index contributed by atoms with van der Waals surface area (Å²) in [4.78, 5) is 41.1. The summed E-state index contributed by atoms with van der Waals surface area (Å²) in [5.41, 5.74) is 0. The van der Waals surface area contributed by atoms with Crippen LogP contribution in [-0.2, 0) is 45.4 Å². The summed E-state index contributed by atoms with van der Waals surface area (Å²) in [6, 6.07) is 0. The Balaban J connectivity index is -0.000000128. The molecule has 0 spiro atoms. The quantitative estimate of drug-likeness (QED) is 0.310. The van der Waals surface area contributed by atoms with Crippen molar-refractivity contribution in [2.45, 2.75) is 91.8 Å². The number of carbonyl (C=O) groups is 4. The van der Waals surface area contributed by atoms with Crippen LogP contribution < -0.4 is 10.2 Å². The largest absolute Gasteiger partial charge is 0.550 e. The van der Waals surface area contributed by atoms with Crippen LogP contribution in [0.3, 0.4) is 0 Å². The number of halogens is 6. The minimum atomic E-state index is -4.67. The van der Waals surface area contributed by atoms with Crippen LogP contribution in [0.2, 0.25) is 0 Å². The van der Waals surface area contributed by atoms with Crippen molar-refractivity contribution >= 4 is 23.5 Å². The SMILES string of the molecule is CC(C)O.CC(C)O.CCC(C(=O)CC(=O)[O-])C(F)(F)F.CCC(C(=O)CC(=O)[O-])C(F)(F)F.[Zr]. The van der Waals surface area contributed by atoms with Gasteiger partial charge in [-0.25, -0.2) is 0 Å². The number of aliphatic carboxylic acids is 2. The maximum Gasteiger partial charge on any atom is 0.398 e. The summed E-state index contributed by atoms with van der Waals surface area (Å²) < 4.78 is 71.9. The molecule has 208 valence electrons. The molecule has 0 aromatic heterocycles. The average Bonchev–Trinajstić information content (AvgIpc) is 2.51. The number of carboxylic acids is 2. The van der Waals surface area contributed by atoms with Gasteiger partial charge < -0.3 is 30.0 Å². The van der Waals surface area contributed by atoms with Crippen molar-refractivity contribution < 1.29 is 92.2 Å². The van der Waals surface area contributed by atoms with Crippen LogP contribution in [0.4, 0.5) is 26.3 Å². The second kappa shape index (κ2) is 21.9. The van der Waals surface area contributed by atoms with Gasteiger partial charge in [0.15, 0.2) is 11.6 Å². The molecule has 0 heterocycles. The van der Waals surface area contributed by atoms with Gasteiger partial charge in [-0.1, -0.05) is 13.8 Å². The molecule has 0 aliphatic heterocycles. The molecule has 0 aliphatic carbocycles. The zero-order valence-corrected chi connectivity index (χ0v) is 22.7. The van der Waals surface area contributed by atoms with E-state index in [0.29, 0.717) is 0 Å². The van der Waals surface area contributed by atoms with E-state index in [1.54, 1.807) is 27.7 Å². The van der Waals surface area contributed by atoms with Crippen molar-refractivity contribution in [1.82, 2.24) is 0 Å². The fourth-order valence-corrected chi connectivity index (χ4v) is 1.81. The molecule has 0 bridgehead atoms. The number of alkyl halides is 6. The van der Waals surface area contributed by atoms with Gasteiger partial charge in [-0.05, 0) is 40.5 Å². The van der Waals surface area contributed by atoms with E-state index in [0.717, 1.165) is 0 Å². The van der Waals surface area contributed by atoms with Crippen molar-refractivity contribution in [3.8, 4) is 0 Å². The molecular weight excluding hydrogens is 573 g/mol. The molecule has 0 fully saturated rings. The van der Waals surface area contributed by atoms with Crippen LogP contribution in [0.1, 0.15) is 67.2 Å². The van der Waals surface area contributed by atoms with Crippen molar-refractivity contribution in [1.29, 1.82) is 0 Å². The number of Topliss-reactive ketones (excluding diaryl/α,β-unsaturated/α-hetero) is 2. The molecule has 8 nitrogen and oxygen atoms in total. The van der Waals surface area contributed by atoms with Gasteiger partial charge >= 0.3 is 12.4 Å². The number of rotatable bonds is 8. The molecule has 0 aliphatic rings. The molecule has 0 amide bonds. The third kappa shape index (κ3) is 32.7. The Morgan fingerprint density at radius 3 is 0.914 bits per heavy atom. The number of aliphatic hydroxyl groups is 2. The third-order valence-electron chi connectivity index (χ3n) is 3.02. The van der Waals surface area contributed by atoms with Crippen molar-refractivity contribution in [3.05, 3.63) is 0 Å². The smallest absolute Gasteiger partial charge is 0.398 e. The van der Waals surface area contributed by atoms with E-state index in [9.17, 15) is 55.7 Å². The summed E-state index contributed by atoms with van der Waals surface area (Å²) in [7, 11) is 0. The number of carboxylic acid groups (broad SMARTS) is 2. The number of carbonyl (C=O) groups excluding carboxylic acids is 4. The molecule has 0 saturated carbocycles. The van der Waals surface area contributed by atoms with Crippen LogP contribution in [0, 0.1) is 11.8 Å². The topological polar surface area (TPSA) is 155 Å². The summed E-state index contributed by atoms with van der Waals surface area (Å²) in [6.07, 6.45) is -12.9. The van der Waals surface area contributed by atoms with Gasteiger partial charge in [-0.15, -0.1) is 0 Å². The van der Waals surface area contributed by atoms with E-state index >= 15 is 0 Å². The first-order valence-electron chi connectivity index (χ1n) is 9.98. The van der Waals surface area contributed by atoms with Gasteiger partial charge in [0.1, 0.15) is 11.8 Å². The van der Waals surface area contributed by atoms with Gasteiger partial charge in [0.25, 0.3) is 0 Å². The van der Waals surface area contributed by atoms with Gasteiger partial charge in [-0.2, -0.15) is 26.3 Å². The van der Waals surface area contributed by atoms with Gasteiger partial charge in [0.2, 0.25) is 0 Å². The normalized spacial score (nSPS) is 12.3. The maximum atomic E-state index is 12.0. The van der Waals surface area contributed by atoms with Crippen LogP contribution >= 0.6 is 0 Å². The van der Waals surface area contributed by atoms with Gasteiger partial charge in [0, 0.05) is 63.2 Å². The molecule has 15 heteroatoms. The Morgan fingerprint density at radius 1 is 0.657 bits per heavy atom. The molecule has 35 heavy (non-hydrogen) atoms. The van der Waals surface area contributed by atoms with Crippen molar-refractivity contribution in [2.24, 2.45) is 11.8 Å². The maximum absolute atomic E-state index is 12.0. The zero-order valence-electron chi connectivity index (χ0n) is 20.2. The minimum absolute atomic E-state index is 0. The van der Waals surface area contributed by atoms with E-state index in [2.05, 4.69) is 0 Å². The molecule has 0 aromatic carbocycles. The Kier molecular flexibility index (Phi) is 27.4. The van der Waals surface area contributed by atoms with Gasteiger partial charge in [-0.3, -0.25) is 9.59 Å². The monoisotopic (exact) mass is 604 g/mol. The molecule has 2 unspecified atom stereocenters. The predicted octanol–water partition coefficient (Wildman–Crippen LogP) is 1.34. The van der Waals surface area contributed by atoms with E-state index in [4.69, 9.17) is 10.2 Å². The molecular formula is C20H32F6O8Zr-2. The number of hydrogen-bond acceptors (Lipinski definition) is 8. The first-order valence-corrected chi connectivity index (χ1v) is 9.98. The van der Waals surface area contributed by atoms with E-state index in [1.165, 1.54) is 13.8 Å². The fraction of sp³-hybridized carbons (Fsp3) is 0.800. The summed E-state index contributed by atoms with van der Waals surface area (Å²) in [5.74, 6) is -10.7. The minimum Gasteiger partial charge on any atom is -0.550 e. The van der Waals surface area contributed by atoms with Gasteiger partial charge in [0.05, 0.1) is 0 Å². The molecule has 2 N–H and O–H groups in total. The first-order chi connectivity index (χ1) is 15.0. The van der Waals surface area contributed by atoms with E-state index < -0.39 is 73.4 Å². The molecule has 0 rings (SSSR count). The first kappa shape index (κ1) is 43.7. The Labute approximate surface area is 219 Å². The number of hydrogen-bond donors (Lipinski definition) is 2.